The summed E-state index contributed by atoms with van der Waals surface area (Å²) >= 11 is 5.82. The Morgan fingerprint density at radius 3 is 2.65 bits per heavy atom. The van der Waals surface area contributed by atoms with Crippen molar-refractivity contribution in [2.75, 3.05) is 11.4 Å². The van der Waals surface area contributed by atoms with E-state index in [1.54, 1.807) is 35.8 Å². The quantitative estimate of drug-likeness (QED) is 0.664. The Labute approximate surface area is 155 Å². The molecule has 1 saturated heterocycles. The van der Waals surface area contributed by atoms with Crippen LogP contribution in [0.1, 0.15) is 12.0 Å². The van der Waals surface area contributed by atoms with Gasteiger partial charge in [-0.15, -0.1) is 0 Å². The molecule has 1 aliphatic rings. The summed E-state index contributed by atoms with van der Waals surface area (Å²) < 4.78 is 0. The summed E-state index contributed by atoms with van der Waals surface area (Å²) in [4.78, 5) is 23.1. The van der Waals surface area contributed by atoms with E-state index < -0.39 is 0 Å². The maximum atomic E-state index is 12.8. The minimum absolute atomic E-state index is 0.0398. The van der Waals surface area contributed by atoms with Crippen LogP contribution in [0.5, 0.6) is 0 Å². The lowest BCUT2D eigenvalue weighted by Crippen LogP contribution is -2.27. The summed E-state index contributed by atoms with van der Waals surface area (Å²) in [5.41, 5.74) is 3.54. The van der Waals surface area contributed by atoms with E-state index in [9.17, 15) is 4.79 Å². The zero-order chi connectivity index (χ0) is 17.9. The van der Waals surface area contributed by atoms with Gasteiger partial charge in [0.1, 0.15) is 5.15 Å². The molecule has 0 aromatic carbocycles. The van der Waals surface area contributed by atoms with E-state index in [0.717, 1.165) is 28.9 Å². The van der Waals surface area contributed by atoms with Crippen molar-refractivity contribution < 1.29 is 4.79 Å². The highest BCUT2D eigenvalue weighted by Gasteiger charge is 2.32. The average molecular weight is 366 g/mol. The fourth-order valence-electron chi connectivity index (χ4n) is 3.16. The molecule has 0 spiro atoms. The second-order valence-electron chi connectivity index (χ2n) is 6.20. The van der Waals surface area contributed by atoms with Crippen LogP contribution in [0.4, 0.5) is 5.69 Å². The first-order chi connectivity index (χ1) is 12.7. The van der Waals surface area contributed by atoms with Gasteiger partial charge in [-0.25, -0.2) is 4.98 Å². The van der Waals surface area contributed by atoms with E-state index >= 15 is 0 Å². The lowest BCUT2D eigenvalue weighted by molar-refractivity contribution is -0.120. The van der Waals surface area contributed by atoms with Gasteiger partial charge in [0.15, 0.2) is 0 Å². The molecule has 0 radical (unpaired) electrons. The van der Waals surface area contributed by atoms with Crippen LogP contribution in [0, 0.1) is 5.92 Å². The molecule has 7 heteroatoms. The summed E-state index contributed by atoms with van der Waals surface area (Å²) in [5, 5.41) is 8.09. The Bertz CT molecular complexity index is 899. The Hall–Kier alpha value is -2.86. The molecule has 0 saturated carbocycles. The molecule has 1 amide bonds. The van der Waals surface area contributed by atoms with E-state index in [-0.39, 0.29) is 11.8 Å². The van der Waals surface area contributed by atoms with Crippen molar-refractivity contribution in [2.45, 2.75) is 12.8 Å². The lowest BCUT2D eigenvalue weighted by Gasteiger charge is -2.17. The number of nitrogens with zero attached hydrogens (tertiary/aromatic N) is 5. The van der Waals surface area contributed by atoms with Crippen LogP contribution in [-0.4, -0.2) is 32.6 Å². The van der Waals surface area contributed by atoms with Crippen molar-refractivity contribution >= 4 is 23.2 Å². The summed E-state index contributed by atoms with van der Waals surface area (Å²) in [6.07, 6.45) is 8.26. The van der Waals surface area contributed by atoms with Crippen molar-refractivity contribution in [3.05, 3.63) is 65.8 Å². The number of aromatic nitrogens is 4. The maximum absolute atomic E-state index is 12.8. The van der Waals surface area contributed by atoms with E-state index in [1.807, 2.05) is 24.3 Å². The first-order valence-electron chi connectivity index (χ1n) is 8.35. The number of carbonyl (C=O) groups is 1. The topological polar surface area (TPSA) is 71.9 Å². The van der Waals surface area contributed by atoms with Gasteiger partial charge in [-0.2, -0.15) is 10.2 Å². The highest BCUT2D eigenvalue weighted by molar-refractivity contribution is 6.29. The smallest absolute Gasteiger partial charge is 0.230 e. The molecular weight excluding hydrogens is 350 g/mol. The predicted octanol–water partition coefficient (Wildman–Crippen LogP) is 3.18. The molecule has 6 nitrogen and oxygen atoms in total. The molecule has 1 aliphatic heterocycles. The minimum atomic E-state index is -0.0398. The molecule has 1 fully saturated rings. The number of amides is 1. The largest absolute Gasteiger partial charge is 0.311 e. The number of hydrogen-bond donors (Lipinski definition) is 0. The molecule has 0 bridgehead atoms. The molecule has 3 aromatic rings. The molecule has 4 heterocycles. The number of hydrogen-bond acceptors (Lipinski definition) is 5. The summed E-state index contributed by atoms with van der Waals surface area (Å²) in [7, 11) is 0. The average Bonchev–Trinajstić information content (AvgIpc) is 3.05. The Balaban J connectivity index is 1.47. The summed E-state index contributed by atoms with van der Waals surface area (Å²) in [6, 6.07) is 9.35. The maximum Gasteiger partial charge on any atom is 0.230 e. The van der Waals surface area contributed by atoms with Crippen LogP contribution in [0.15, 0.2) is 55.1 Å². The molecule has 0 N–H and O–H groups in total. The van der Waals surface area contributed by atoms with Crippen LogP contribution in [0.25, 0.3) is 11.3 Å². The standard InChI is InChI=1S/C19H16ClN5O/c20-18-4-1-13(10-22-18)9-14-6-8-25(19(14)26)16-2-3-17(21-12-16)15-5-7-23-24-11-15/h1-5,7,10-12,14H,6,8-9H2/t14-/m0/s1. The third kappa shape index (κ3) is 3.41. The van der Waals surface area contributed by atoms with Gasteiger partial charge in [0, 0.05) is 24.2 Å². The van der Waals surface area contributed by atoms with Gasteiger partial charge in [-0.3, -0.25) is 9.78 Å². The van der Waals surface area contributed by atoms with Crippen molar-refractivity contribution in [3.63, 3.8) is 0 Å². The van der Waals surface area contributed by atoms with E-state index in [2.05, 4.69) is 20.2 Å². The zero-order valence-corrected chi connectivity index (χ0v) is 14.7. The molecule has 0 unspecified atom stereocenters. The van der Waals surface area contributed by atoms with Gasteiger partial charge in [0.2, 0.25) is 5.91 Å². The first-order valence-corrected chi connectivity index (χ1v) is 8.73. The molecular formula is C19H16ClN5O. The van der Waals surface area contributed by atoms with Gasteiger partial charge in [-0.1, -0.05) is 17.7 Å². The van der Waals surface area contributed by atoms with Crippen molar-refractivity contribution in [3.8, 4) is 11.3 Å². The fraction of sp³-hybridized carbons (Fsp3) is 0.211. The number of pyridine rings is 2. The third-order valence-electron chi connectivity index (χ3n) is 4.53. The minimum Gasteiger partial charge on any atom is -0.311 e. The van der Waals surface area contributed by atoms with E-state index in [0.29, 0.717) is 18.1 Å². The Morgan fingerprint density at radius 1 is 1.04 bits per heavy atom. The van der Waals surface area contributed by atoms with Crippen molar-refractivity contribution in [2.24, 2.45) is 5.92 Å². The number of rotatable bonds is 4. The van der Waals surface area contributed by atoms with Gasteiger partial charge in [0.25, 0.3) is 0 Å². The predicted molar refractivity (Wildman–Crippen MR) is 98.7 cm³/mol. The normalized spacial score (nSPS) is 16.9. The third-order valence-corrected chi connectivity index (χ3v) is 4.75. The second kappa shape index (κ2) is 7.17. The van der Waals surface area contributed by atoms with Gasteiger partial charge >= 0.3 is 0 Å². The highest BCUT2D eigenvalue weighted by Crippen LogP contribution is 2.28. The summed E-state index contributed by atoms with van der Waals surface area (Å²) in [6.45, 7) is 0.697. The second-order valence-corrected chi connectivity index (χ2v) is 6.59. The molecule has 0 aliphatic carbocycles. The van der Waals surface area contributed by atoms with Gasteiger partial charge in [0.05, 0.1) is 30.0 Å². The SMILES string of the molecule is O=C1[C@H](Cc2ccc(Cl)nc2)CCN1c1ccc(-c2ccnnc2)nc1. The monoisotopic (exact) mass is 365 g/mol. The van der Waals surface area contributed by atoms with Crippen molar-refractivity contribution in [1.29, 1.82) is 0 Å². The summed E-state index contributed by atoms with van der Waals surface area (Å²) in [5.74, 6) is 0.0853. The zero-order valence-electron chi connectivity index (χ0n) is 13.9. The molecule has 3 aromatic heterocycles. The Morgan fingerprint density at radius 2 is 1.96 bits per heavy atom. The van der Waals surface area contributed by atoms with Gasteiger partial charge in [-0.05, 0) is 42.7 Å². The van der Waals surface area contributed by atoms with E-state index in [4.69, 9.17) is 11.6 Å². The van der Waals surface area contributed by atoms with Crippen LogP contribution in [-0.2, 0) is 11.2 Å². The molecule has 4 rings (SSSR count). The lowest BCUT2D eigenvalue weighted by atomic mass is 9.99. The molecule has 26 heavy (non-hydrogen) atoms. The van der Waals surface area contributed by atoms with Crippen LogP contribution in [0.3, 0.4) is 0 Å². The van der Waals surface area contributed by atoms with Crippen LogP contribution in [0.2, 0.25) is 5.15 Å². The van der Waals surface area contributed by atoms with Crippen LogP contribution >= 0.6 is 11.6 Å². The Kier molecular flexibility index (Phi) is 4.58. The van der Waals surface area contributed by atoms with Crippen molar-refractivity contribution in [1.82, 2.24) is 20.2 Å². The number of anilines is 1. The van der Waals surface area contributed by atoms with E-state index in [1.165, 1.54) is 0 Å². The first kappa shape index (κ1) is 16.6. The van der Waals surface area contributed by atoms with Gasteiger partial charge < -0.3 is 4.90 Å². The number of carbonyl (C=O) groups excluding carboxylic acids is 1. The highest BCUT2D eigenvalue weighted by atomic mass is 35.5. The molecule has 130 valence electrons. The fourth-order valence-corrected chi connectivity index (χ4v) is 3.27. The number of halogens is 1. The van der Waals surface area contributed by atoms with Crippen LogP contribution < -0.4 is 4.90 Å². The molecule has 1 atom stereocenters.